The zero-order valence-electron chi connectivity index (χ0n) is 13.7. The Labute approximate surface area is 129 Å². The molecule has 2 heteroatoms. The second kappa shape index (κ2) is 6.10. The molecule has 1 aromatic carbocycles. The van der Waals surface area contributed by atoms with Crippen LogP contribution in [0.5, 0.6) is 0 Å². The van der Waals surface area contributed by atoms with Crippen molar-refractivity contribution in [3.8, 4) is 0 Å². The number of likely N-dealkylation sites (tertiary alicyclic amines) is 1. The van der Waals surface area contributed by atoms with Crippen molar-refractivity contribution >= 4 is 0 Å². The van der Waals surface area contributed by atoms with Crippen LogP contribution in [0.25, 0.3) is 0 Å². The molecule has 2 nitrogen and oxygen atoms in total. The van der Waals surface area contributed by atoms with E-state index in [2.05, 4.69) is 44.2 Å². The summed E-state index contributed by atoms with van der Waals surface area (Å²) in [7, 11) is 0. The first-order chi connectivity index (χ1) is 10.1. The van der Waals surface area contributed by atoms with E-state index in [1.807, 2.05) is 4.90 Å². The zero-order chi connectivity index (χ0) is 14.8. The second-order valence-electron chi connectivity index (χ2n) is 7.64. The lowest BCUT2D eigenvalue weighted by Gasteiger charge is -2.45. The van der Waals surface area contributed by atoms with Gasteiger partial charge in [-0.25, -0.2) is 0 Å². The summed E-state index contributed by atoms with van der Waals surface area (Å²) >= 11 is 0. The number of hydrogen-bond acceptors (Lipinski definition) is 1. The number of benzene rings is 1. The largest absolute Gasteiger partial charge is 0.376 e. The van der Waals surface area contributed by atoms with E-state index in [-0.39, 0.29) is 5.60 Å². The molecule has 0 saturated carbocycles. The van der Waals surface area contributed by atoms with Gasteiger partial charge in [0.15, 0.2) is 0 Å². The number of ether oxygens (including phenoxy) is 1. The molecule has 0 radical (unpaired) electrons. The lowest BCUT2D eigenvalue weighted by molar-refractivity contribution is -0.888. The molecular weight excluding hydrogens is 258 g/mol. The Hall–Kier alpha value is -0.860. The molecule has 0 aliphatic carbocycles. The van der Waals surface area contributed by atoms with E-state index in [0.717, 1.165) is 13.0 Å². The van der Waals surface area contributed by atoms with Crippen molar-refractivity contribution in [1.82, 2.24) is 0 Å². The summed E-state index contributed by atoms with van der Waals surface area (Å²) in [6, 6.07) is 11.2. The van der Waals surface area contributed by atoms with E-state index in [9.17, 15) is 0 Å². The number of hydrogen-bond donors (Lipinski definition) is 1. The molecule has 1 atom stereocenters. The van der Waals surface area contributed by atoms with Gasteiger partial charge in [-0.3, -0.25) is 0 Å². The van der Waals surface area contributed by atoms with Crippen molar-refractivity contribution in [2.24, 2.45) is 0 Å². The van der Waals surface area contributed by atoms with Crippen LogP contribution in [-0.2, 0) is 10.2 Å². The minimum atomic E-state index is 0.00837. The summed E-state index contributed by atoms with van der Waals surface area (Å²) in [5.74, 6) is 0. The van der Waals surface area contributed by atoms with Crippen LogP contribution in [0.3, 0.4) is 0 Å². The van der Waals surface area contributed by atoms with Gasteiger partial charge in [-0.1, -0.05) is 30.3 Å². The second-order valence-corrected chi connectivity index (χ2v) is 7.64. The van der Waals surface area contributed by atoms with Gasteiger partial charge in [0.05, 0.1) is 25.2 Å². The van der Waals surface area contributed by atoms with Crippen LogP contribution in [0.4, 0.5) is 0 Å². The maximum Gasteiger partial charge on any atom is 0.0779 e. The van der Waals surface area contributed by atoms with E-state index in [1.54, 1.807) is 0 Å². The summed E-state index contributed by atoms with van der Waals surface area (Å²) in [5.41, 5.74) is 1.85. The standard InChI is InChI=1S/C19H29NO/c1-18(2)16-19(11-15-21-18,17-8-4-3-5-9-17)10-14-20-12-6-7-13-20/h3-5,8-9H,6-7,10-16H2,1-2H3/p+1. The van der Waals surface area contributed by atoms with E-state index in [0.29, 0.717) is 5.41 Å². The van der Waals surface area contributed by atoms with Gasteiger partial charge in [0.1, 0.15) is 0 Å². The predicted molar refractivity (Wildman–Crippen MR) is 86.8 cm³/mol. The van der Waals surface area contributed by atoms with Crippen molar-refractivity contribution in [3.05, 3.63) is 35.9 Å². The minimum absolute atomic E-state index is 0.00837. The zero-order valence-corrected chi connectivity index (χ0v) is 13.7. The number of rotatable bonds is 4. The van der Waals surface area contributed by atoms with Gasteiger partial charge in [-0.15, -0.1) is 0 Å². The molecule has 0 aromatic heterocycles. The van der Waals surface area contributed by atoms with Gasteiger partial charge < -0.3 is 9.64 Å². The molecule has 2 saturated heterocycles. The lowest BCUT2D eigenvalue weighted by atomic mass is 9.67. The number of quaternary nitrogens is 1. The summed E-state index contributed by atoms with van der Waals surface area (Å²) in [4.78, 5) is 1.81. The highest BCUT2D eigenvalue weighted by Crippen LogP contribution is 2.43. The fraction of sp³-hybridized carbons (Fsp3) is 0.684. The molecule has 21 heavy (non-hydrogen) atoms. The smallest absolute Gasteiger partial charge is 0.0779 e. The quantitative estimate of drug-likeness (QED) is 0.899. The lowest BCUT2D eigenvalue weighted by Crippen LogP contribution is -3.10. The minimum Gasteiger partial charge on any atom is -0.376 e. The highest BCUT2D eigenvalue weighted by molar-refractivity contribution is 5.27. The molecule has 0 spiro atoms. The Morgan fingerprint density at radius 2 is 1.81 bits per heavy atom. The monoisotopic (exact) mass is 288 g/mol. The molecule has 1 aromatic rings. The summed E-state index contributed by atoms with van der Waals surface area (Å²) in [5, 5.41) is 0. The first-order valence-corrected chi connectivity index (χ1v) is 8.63. The molecular formula is C19H30NO+. The van der Waals surface area contributed by atoms with Crippen LogP contribution in [0, 0.1) is 0 Å². The van der Waals surface area contributed by atoms with Crippen molar-refractivity contribution < 1.29 is 9.64 Å². The average molecular weight is 288 g/mol. The molecule has 0 amide bonds. The van der Waals surface area contributed by atoms with Crippen molar-refractivity contribution in [2.75, 3.05) is 26.2 Å². The topological polar surface area (TPSA) is 13.7 Å². The summed E-state index contributed by atoms with van der Waals surface area (Å²) in [6.07, 6.45) is 6.47. The van der Waals surface area contributed by atoms with E-state index in [4.69, 9.17) is 4.74 Å². The van der Waals surface area contributed by atoms with Crippen molar-refractivity contribution in [2.45, 2.75) is 57.0 Å². The fourth-order valence-electron chi connectivity index (χ4n) is 4.41. The van der Waals surface area contributed by atoms with Gasteiger partial charge in [-0.05, 0) is 32.3 Å². The fourth-order valence-corrected chi connectivity index (χ4v) is 4.41. The summed E-state index contributed by atoms with van der Waals surface area (Å²) < 4.78 is 6.01. The third kappa shape index (κ3) is 3.49. The van der Waals surface area contributed by atoms with Crippen LogP contribution in [0.15, 0.2) is 30.3 Å². The van der Waals surface area contributed by atoms with Crippen molar-refractivity contribution in [1.29, 1.82) is 0 Å². The third-order valence-electron chi connectivity index (χ3n) is 5.49. The molecule has 2 heterocycles. The first-order valence-electron chi connectivity index (χ1n) is 8.63. The normalized spacial score (nSPS) is 29.6. The predicted octanol–water partition coefficient (Wildman–Crippen LogP) is 2.58. The van der Waals surface area contributed by atoms with Gasteiger partial charge >= 0.3 is 0 Å². The Morgan fingerprint density at radius 3 is 2.48 bits per heavy atom. The molecule has 1 unspecified atom stereocenters. The van der Waals surface area contributed by atoms with Gasteiger partial charge in [0.25, 0.3) is 0 Å². The van der Waals surface area contributed by atoms with Crippen LogP contribution >= 0.6 is 0 Å². The van der Waals surface area contributed by atoms with E-state index in [1.165, 1.54) is 50.9 Å². The number of nitrogens with one attached hydrogen (secondary N) is 1. The summed E-state index contributed by atoms with van der Waals surface area (Å²) in [6.45, 7) is 9.50. The maximum absolute atomic E-state index is 6.01. The Bertz CT molecular complexity index is 450. The first kappa shape index (κ1) is 15.1. The van der Waals surface area contributed by atoms with Crippen LogP contribution < -0.4 is 4.90 Å². The molecule has 2 fully saturated rings. The van der Waals surface area contributed by atoms with E-state index < -0.39 is 0 Å². The average Bonchev–Trinajstić information content (AvgIpc) is 2.98. The highest BCUT2D eigenvalue weighted by Gasteiger charge is 2.42. The Kier molecular flexibility index (Phi) is 4.37. The molecule has 2 aliphatic heterocycles. The Balaban J connectivity index is 1.80. The highest BCUT2D eigenvalue weighted by atomic mass is 16.5. The SMILES string of the molecule is CC1(C)CC(CC[NH+]2CCCC2)(c2ccccc2)CCO1. The van der Waals surface area contributed by atoms with Crippen LogP contribution in [0.2, 0.25) is 0 Å². The van der Waals surface area contributed by atoms with Crippen LogP contribution in [0.1, 0.15) is 51.5 Å². The molecule has 1 N–H and O–H groups in total. The third-order valence-corrected chi connectivity index (χ3v) is 5.49. The molecule has 116 valence electrons. The molecule has 3 rings (SSSR count). The van der Waals surface area contributed by atoms with E-state index >= 15 is 0 Å². The molecule has 2 aliphatic rings. The van der Waals surface area contributed by atoms with Gasteiger partial charge in [0, 0.05) is 31.3 Å². The molecule has 0 bridgehead atoms. The Morgan fingerprint density at radius 1 is 1.10 bits per heavy atom. The maximum atomic E-state index is 6.01. The van der Waals surface area contributed by atoms with Gasteiger partial charge in [0.2, 0.25) is 0 Å². The van der Waals surface area contributed by atoms with Gasteiger partial charge in [-0.2, -0.15) is 0 Å². The van der Waals surface area contributed by atoms with Crippen LogP contribution in [-0.4, -0.2) is 31.8 Å². The van der Waals surface area contributed by atoms with Crippen molar-refractivity contribution in [3.63, 3.8) is 0 Å².